The number of piperidine rings is 1. The van der Waals surface area contributed by atoms with Crippen LogP contribution in [-0.4, -0.2) is 55.9 Å². The zero-order valence-electron chi connectivity index (χ0n) is 10.7. The van der Waals surface area contributed by atoms with E-state index >= 15 is 0 Å². The largest absolute Gasteiger partial charge is 0.352 e. The molecule has 0 bridgehead atoms. The molecule has 0 unspecified atom stereocenters. The van der Waals surface area contributed by atoms with Crippen molar-refractivity contribution in [3.63, 3.8) is 0 Å². The Balaban J connectivity index is 1.81. The van der Waals surface area contributed by atoms with Crippen LogP contribution in [0.15, 0.2) is 0 Å². The molecule has 3 amide bonds. The standard InChI is InChI=1S/C11H19N3O4S/c12-11(16)14-4-1-8(2-5-14)10(15)13-9-3-6-19(17,18)7-9/h8-9H,1-7H2,(H2,12,16)(H,13,15)/t9-/m1/s1. The highest BCUT2D eigenvalue weighted by Gasteiger charge is 2.32. The zero-order valence-corrected chi connectivity index (χ0v) is 11.5. The number of carbonyl (C=O) groups excluding carboxylic acids is 2. The van der Waals surface area contributed by atoms with E-state index in [0.29, 0.717) is 32.4 Å². The molecule has 2 rings (SSSR count). The van der Waals surface area contributed by atoms with Gasteiger partial charge in [0.25, 0.3) is 0 Å². The molecule has 0 aromatic carbocycles. The van der Waals surface area contributed by atoms with Gasteiger partial charge >= 0.3 is 6.03 Å². The summed E-state index contributed by atoms with van der Waals surface area (Å²) in [4.78, 5) is 24.5. The molecule has 0 aromatic heterocycles. The molecule has 7 nitrogen and oxygen atoms in total. The Morgan fingerprint density at radius 2 is 1.79 bits per heavy atom. The predicted molar refractivity (Wildman–Crippen MR) is 69.1 cm³/mol. The van der Waals surface area contributed by atoms with Crippen molar-refractivity contribution in [1.82, 2.24) is 10.2 Å². The Morgan fingerprint density at radius 3 is 2.26 bits per heavy atom. The van der Waals surface area contributed by atoms with Crippen molar-refractivity contribution in [1.29, 1.82) is 0 Å². The van der Waals surface area contributed by atoms with Crippen molar-refractivity contribution in [3.8, 4) is 0 Å². The van der Waals surface area contributed by atoms with E-state index in [1.165, 1.54) is 4.90 Å². The quantitative estimate of drug-likeness (QED) is 0.685. The summed E-state index contributed by atoms with van der Waals surface area (Å²) in [6, 6.07) is -0.715. The molecule has 2 aliphatic rings. The number of nitrogens with zero attached hydrogens (tertiary/aromatic N) is 1. The van der Waals surface area contributed by atoms with Gasteiger partial charge in [0.1, 0.15) is 0 Å². The van der Waals surface area contributed by atoms with E-state index in [1.807, 2.05) is 0 Å². The summed E-state index contributed by atoms with van der Waals surface area (Å²) in [7, 11) is -2.98. The average Bonchev–Trinajstić information content (AvgIpc) is 2.68. The third-order valence-electron chi connectivity index (χ3n) is 3.76. The number of nitrogens with one attached hydrogen (secondary N) is 1. The minimum atomic E-state index is -2.98. The number of amides is 3. The van der Waals surface area contributed by atoms with Crippen molar-refractivity contribution in [3.05, 3.63) is 0 Å². The third kappa shape index (κ3) is 3.59. The van der Waals surface area contributed by atoms with Gasteiger partial charge in [0, 0.05) is 25.0 Å². The number of hydrogen-bond acceptors (Lipinski definition) is 4. The van der Waals surface area contributed by atoms with Gasteiger partial charge < -0.3 is 16.0 Å². The van der Waals surface area contributed by atoms with Crippen molar-refractivity contribution in [2.75, 3.05) is 24.6 Å². The van der Waals surface area contributed by atoms with Gasteiger partial charge in [0.15, 0.2) is 9.84 Å². The summed E-state index contributed by atoms with van der Waals surface area (Å²) < 4.78 is 22.6. The Hall–Kier alpha value is -1.31. The second kappa shape index (κ2) is 5.36. The van der Waals surface area contributed by atoms with E-state index in [2.05, 4.69) is 5.32 Å². The monoisotopic (exact) mass is 289 g/mol. The number of hydrogen-bond donors (Lipinski definition) is 2. The molecule has 2 heterocycles. The molecule has 0 spiro atoms. The summed E-state index contributed by atoms with van der Waals surface area (Å²) in [6.45, 7) is 0.965. The van der Waals surface area contributed by atoms with E-state index in [1.54, 1.807) is 0 Å². The van der Waals surface area contributed by atoms with Crippen LogP contribution in [0.2, 0.25) is 0 Å². The minimum Gasteiger partial charge on any atom is -0.352 e. The maximum absolute atomic E-state index is 12.0. The lowest BCUT2D eigenvalue weighted by Crippen LogP contribution is -2.47. The van der Waals surface area contributed by atoms with Crippen molar-refractivity contribution in [2.24, 2.45) is 11.7 Å². The topological polar surface area (TPSA) is 110 Å². The number of likely N-dealkylation sites (tertiary alicyclic amines) is 1. The van der Waals surface area contributed by atoms with Gasteiger partial charge in [-0.2, -0.15) is 0 Å². The molecule has 2 saturated heterocycles. The predicted octanol–water partition coefficient (Wildman–Crippen LogP) is -0.920. The summed E-state index contributed by atoms with van der Waals surface area (Å²) in [5, 5.41) is 2.80. The zero-order chi connectivity index (χ0) is 14.0. The molecular formula is C11H19N3O4S. The molecule has 8 heteroatoms. The van der Waals surface area contributed by atoms with Crippen molar-refractivity contribution in [2.45, 2.75) is 25.3 Å². The molecule has 0 aromatic rings. The normalized spacial score (nSPS) is 27.2. The van der Waals surface area contributed by atoms with Crippen LogP contribution in [0.25, 0.3) is 0 Å². The Bertz CT molecular complexity index is 468. The van der Waals surface area contributed by atoms with Crippen LogP contribution < -0.4 is 11.1 Å². The summed E-state index contributed by atoms with van der Waals surface area (Å²) >= 11 is 0. The fourth-order valence-corrected chi connectivity index (χ4v) is 4.26. The molecule has 0 radical (unpaired) electrons. The highest BCUT2D eigenvalue weighted by atomic mass is 32.2. The number of nitrogens with two attached hydrogens (primary N) is 1. The summed E-state index contributed by atoms with van der Waals surface area (Å²) in [5.41, 5.74) is 5.17. The van der Waals surface area contributed by atoms with Crippen LogP contribution in [0.1, 0.15) is 19.3 Å². The Kier molecular flexibility index (Phi) is 3.98. The van der Waals surface area contributed by atoms with Gasteiger partial charge in [-0.25, -0.2) is 13.2 Å². The first-order chi connectivity index (χ1) is 8.87. The summed E-state index contributed by atoms with van der Waals surface area (Å²) in [5.74, 6) is -0.0677. The molecule has 0 saturated carbocycles. The van der Waals surface area contributed by atoms with Crippen LogP contribution in [-0.2, 0) is 14.6 Å². The van der Waals surface area contributed by atoms with Crippen LogP contribution in [0, 0.1) is 5.92 Å². The molecule has 3 N–H and O–H groups in total. The number of primary amides is 1. The number of urea groups is 1. The van der Waals surface area contributed by atoms with Crippen LogP contribution in [0.5, 0.6) is 0 Å². The van der Waals surface area contributed by atoms with Gasteiger partial charge in [0.05, 0.1) is 11.5 Å². The third-order valence-corrected chi connectivity index (χ3v) is 5.52. The SMILES string of the molecule is NC(=O)N1CCC(C(=O)N[C@@H]2CCS(=O)(=O)C2)CC1. The van der Waals surface area contributed by atoms with Gasteiger partial charge in [-0.1, -0.05) is 0 Å². The molecule has 1 atom stereocenters. The first-order valence-corrected chi connectivity index (χ1v) is 8.25. The van der Waals surface area contributed by atoms with Crippen LogP contribution in [0.4, 0.5) is 4.79 Å². The first-order valence-electron chi connectivity index (χ1n) is 6.42. The number of sulfone groups is 1. The Morgan fingerprint density at radius 1 is 1.16 bits per heavy atom. The second-order valence-electron chi connectivity index (χ2n) is 5.21. The highest BCUT2D eigenvalue weighted by Crippen LogP contribution is 2.18. The van der Waals surface area contributed by atoms with Crippen LogP contribution >= 0.6 is 0 Å². The maximum atomic E-state index is 12.0. The summed E-state index contributed by atoms with van der Waals surface area (Å²) in [6.07, 6.45) is 1.65. The Labute approximate surface area is 112 Å². The molecule has 2 aliphatic heterocycles. The maximum Gasteiger partial charge on any atom is 0.314 e. The molecule has 108 valence electrons. The highest BCUT2D eigenvalue weighted by molar-refractivity contribution is 7.91. The van der Waals surface area contributed by atoms with Crippen LogP contribution in [0.3, 0.4) is 0 Å². The minimum absolute atomic E-state index is 0.0405. The number of carbonyl (C=O) groups is 2. The van der Waals surface area contributed by atoms with Gasteiger partial charge in [-0.3, -0.25) is 4.79 Å². The van der Waals surface area contributed by atoms with E-state index < -0.39 is 15.9 Å². The van der Waals surface area contributed by atoms with Crippen molar-refractivity contribution < 1.29 is 18.0 Å². The lowest BCUT2D eigenvalue weighted by atomic mass is 9.96. The lowest BCUT2D eigenvalue weighted by molar-refractivity contribution is -0.126. The van der Waals surface area contributed by atoms with E-state index in [4.69, 9.17) is 5.73 Å². The van der Waals surface area contributed by atoms with E-state index in [-0.39, 0.29) is 29.4 Å². The second-order valence-corrected chi connectivity index (χ2v) is 7.44. The van der Waals surface area contributed by atoms with Gasteiger partial charge in [-0.15, -0.1) is 0 Å². The smallest absolute Gasteiger partial charge is 0.314 e. The van der Waals surface area contributed by atoms with E-state index in [9.17, 15) is 18.0 Å². The number of rotatable bonds is 2. The molecule has 19 heavy (non-hydrogen) atoms. The van der Waals surface area contributed by atoms with E-state index in [0.717, 1.165) is 0 Å². The molecule has 0 aliphatic carbocycles. The lowest BCUT2D eigenvalue weighted by Gasteiger charge is -2.30. The average molecular weight is 289 g/mol. The van der Waals surface area contributed by atoms with Gasteiger partial charge in [0.2, 0.25) is 5.91 Å². The van der Waals surface area contributed by atoms with Crippen molar-refractivity contribution >= 4 is 21.8 Å². The molecule has 2 fully saturated rings. The van der Waals surface area contributed by atoms with Gasteiger partial charge in [-0.05, 0) is 19.3 Å². The fourth-order valence-electron chi connectivity index (χ4n) is 2.59. The first kappa shape index (κ1) is 14.1. The fraction of sp³-hybridized carbons (Fsp3) is 0.818. The molecular weight excluding hydrogens is 270 g/mol.